The molecule has 0 spiro atoms. The second-order valence-electron chi connectivity index (χ2n) is 13.2. The Balaban J connectivity index is 1.37. The first-order chi connectivity index (χ1) is 24.2. The van der Waals surface area contributed by atoms with Gasteiger partial charge in [-0.25, -0.2) is 27.3 Å². The number of oxazole rings is 1. The summed E-state index contributed by atoms with van der Waals surface area (Å²) in [5.41, 5.74) is 3.03. The zero-order chi connectivity index (χ0) is 36.7. The van der Waals surface area contributed by atoms with Crippen molar-refractivity contribution in [1.82, 2.24) is 14.5 Å². The Morgan fingerprint density at radius 1 is 1.04 bits per heavy atom. The maximum absolute atomic E-state index is 14.4. The van der Waals surface area contributed by atoms with E-state index in [1.165, 1.54) is 49.1 Å². The molecule has 0 radical (unpaired) electrons. The largest absolute Gasteiger partial charge is 0.497 e. The summed E-state index contributed by atoms with van der Waals surface area (Å²) in [6, 6.07) is 18.2. The molecule has 1 amide bonds. The smallest absolute Gasteiger partial charge is 0.420 e. The molecule has 14 heteroatoms. The lowest BCUT2D eigenvalue weighted by Gasteiger charge is -2.33. The van der Waals surface area contributed by atoms with Gasteiger partial charge in [-0.2, -0.15) is 4.39 Å². The number of hydrogen-bond donors (Lipinski definition) is 0. The number of benzene rings is 3. The number of amides is 1. The number of aromatic nitrogens is 2. The van der Waals surface area contributed by atoms with Crippen LogP contribution in [0.25, 0.3) is 11.1 Å². The van der Waals surface area contributed by atoms with Gasteiger partial charge in [0.15, 0.2) is 5.58 Å². The van der Waals surface area contributed by atoms with E-state index in [0.717, 1.165) is 27.1 Å². The van der Waals surface area contributed by atoms with E-state index >= 15 is 0 Å². The molecule has 0 fully saturated rings. The summed E-state index contributed by atoms with van der Waals surface area (Å²) in [7, 11) is -1.48. The monoisotopic (exact) mass is 718 g/mol. The molecule has 3 heterocycles. The number of nitrogens with zero attached hydrogens (tertiary/aromatic N) is 4. The van der Waals surface area contributed by atoms with E-state index in [2.05, 4.69) is 4.98 Å². The number of carbonyl (C=O) groups is 1. The van der Waals surface area contributed by atoms with Crippen molar-refractivity contribution in [3.8, 4) is 11.5 Å². The highest BCUT2D eigenvalue weighted by atomic mass is 32.2. The van der Waals surface area contributed by atoms with Crippen LogP contribution in [0.1, 0.15) is 56.0 Å². The third-order valence-electron chi connectivity index (χ3n) is 8.74. The van der Waals surface area contributed by atoms with Gasteiger partial charge in [0.05, 0.1) is 37.2 Å². The molecule has 1 unspecified atom stereocenters. The molecule has 0 N–H and O–H groups in total. The van der Waals surface area contributed by atoms with Gasteiger partial charge in [-0.15, -0.1) is 0 Å². The Morgan fingerprint density at radius 3 is 2.51 bits per heavy atom. The minimum Gasteiger partial charge on any atom is -0.497 e. The Kier molecular flexibility index (Phi) is 9.55. The van der Waals surface area contributed by atoms with Crippen molar-refractivity contribution < 1.29 is 36.2 Å². The van der Waals surface area contributed by atoms with Crippen molar-refractivity contribution in [2.75, 3.05) is 25.1 Å². The first-order valence-electron chi connectivity index (χ1n) is 16.3. The van der Waals surface area contributed by atoms with Crippen LogP contribution in [0.15, 0.2) is 86.9 Å². The summed E-state index contributed by atoms with van der Waals surface area (Å²) in [5.74, 6) is -0.842. The fourth-order valence-corrected chi connectivity index (χ4v) is 7.66. The lowest BCUT2D eigenvalue weighted by atomic mass is 9.91. The number of fused-ring (bicyclic) bond motifs is 2. The van der Waals surface area contributed by atoms with Crippen molar-refractivity contribution in [1.29, 1.82) is 0 Å². The van der Waals surface area contributed by atoms with Gasteiger partial charge in [-0.3, -0.25) is 4.57 Å². The highest BCUT2D eigenvalue weighted by Crippen LogP contribution is 2.34. The summed E-state index contributed by atoms with van der Waals surface area (Å²) < 4.78 is 67.5. The van der Waals surface area contributed by atoms with Crippen molar-refractivity contribution in [2.24, 2.45) is 0 Å². The van der Waals surface area contributed by atoms with Crippen LogP contribution in [0.5, 0.6) is 11.5 Å². The van der Waals surface area contributed by atoms with E-state index in [0.29, 0.717) is 42.1 Å². The molecule has 2 aromatic heterocycles. The Morgan fingerprint density at radius 2 is 1.80 bits per heavy atom. The number of pyridine rings is 1. The van der Waals surface area contributed by atoms with E-state index in [1.54, 1.807) is 23.1 Å². The third-order valence-corrected chi connectivity index (χ3v) is 10.5. The van der Waals surface area contributed by atoms with Gasteiger partial charge in [0.1, 0.15) is 22.9 Å². The van der Waals surface area contributed by atoms with E-state index < -0.39 is 39.5 Å². The van der Waals surface area contributed by atoms with Gasteiger partial charge in [-0.05, 0) is 87.2 Å². The number of sulfonamides is 1. The highest BCUT2D eigenvalue weighted by Gasteiger charge is 2.31. The second kappa shape index (κ2) is 13.7. The average molecular weight is 719 g/mol. The molecule has 6 rings (SSSR count). The average Bonchev–Trinajstić information content (AvgIpc) is 3.43. The van der Waals surface area contributed by atoms with Gasteiger partial charge in [0.2, 0.25) is 5.95 Å². The summed E-state index contributed by atoms with van der Waals surface area (Å²) >= 11 is 0. The fraction of sp³-hybridized carbons (Fsp3) is 0.324. The van der Waals surface area contributed by atoms with Gasteiger partial charge in [-0.1, -0.05) is 24.3 Å². The first-order valence-corrected chi connectivity index (χ1v) is 17.7. The van der Waals surface area contributed by atoms with Crippen LogP contribution in [0, 0.1) is 5.95 Å². The topological polar surface area (TPSA) is 133 Å². The maximum Gasteiger partial charge on any atom is 0.420 e. The fourth-order valence-electron chi connectivity index (χ4n) is 6.25. The molecule has 1 aliphatic heterocycles. The Hall–Kier alpha value is -5.37. The number of anilines is 1. The first kappa shape index (κ1) is 35.5. The molecule has 3 aromatic carbocycles. The van der Waals surface area contributed by atoms with Crippen LogP contribution in [0.2, 0.25) is 0 Å². The normalized spacial score (nSPS) is 13.8. The lowest BCUT2D eigenvalue weighted by molar-refractivity contribution is 0.0223. The van der Waals surface area contributed by atoms with E-state index in [-0.39, 0.29) is 22.8 Å². The van der Waals surface area contributed by atoms with E-state index in [4.69, 9.17) is 18.6 Å². The quantitative estimate of drug-likeness (QED) is 0.158. The predicted octanol–water partition coefficient (Wildman–Crippen LogP) is 6.44. The van der Waals surface area contributed by atoms with E-state index in [9.17, 15) is 22.4 Å². The number of carbonyl (C=O) groups excluding carboxylic acids is 1. The number of methoxy groups -OCH3 is 2. The van der Waals surface area contributed by atoms with Crippen LogP contribution in [0.4, 0.5) is 15.0 Å². The SMILES string of the molecule is COc1ccc(CN(c2cccc(F)n2)S(=O)(=O)c2ccc3c(c2)oc(=O)n3C(C)c2cccc3c2CN(C(=O)OC(C)(C)C)CC3)c(OC)c1. The second-order valence-corrected chi connectivity index (χ2v) is 15.1. The van der Waals surface area contributed by atoms with Gasteiger partial charge in [0.25, 0.3) is 10.0 Å². The molecule has 5 aromatic rings. The van der Waals surface area contributed by atoms with Gasteiger partial charge >= 0.3 is 11.8 Å². The van der Waals surface area contributed by atoms with Crippen LogP contribution in [0.3, 0.4) is 0 Å². The molecular weight excluding hydrogens is 679 g/mol. The lowest BCUT2D eigenvalue weighted by Crippen LogP contribution is -2.40. The van der Waals surface area contributed by atoms with Gasteiger partial charge in [0, 0.05) is 30.8 Å². The summed E-state index contributed by atoms with van der Waals surface area (Å²) in [6.45, 7) is 7.85. The molecule has 0 aliphatic carbocycles. The molecule has 1 aliphatic rings. The minimum atomic E-state index is -4.42. The van der Waals surface area contributed by atoms with Crippen molar-refractivity contribution in [3.05, 3.63) is 112 Å². The molecule has 0 saturated heterocycles. The number of ether oxygens (including phenoxy) is 3. The minimum absolute atomic E-state index is 0.0438. The van der Waals surface area contributed by atoms with Crippen molar-refractivity contribution in [2.45, 2.75) is 63.7 Å². The van der Waals surface area contributed by atoms with Crippen LogP contribution in [-0.2, 0) is 34.3 Å². The van der Waals surface area contributed by atoms with Crippen LogP contribution >= 0.6 is 0 Å². The summed E-state index contributed by atoms with van der Waals surface area (Å²) in [5, 5.41) is 0. The number of rotatable bonds is 9. The van der Waals surface area contributed by atoms with E-state index in [1.807, 2.05) is 45.9 Å². The zero-order valence-electron chi connectivity index (χ0n) is 29.2. The predicted molar refractivity (Wildman–Crippen MR) is 188 cm³/mol. The van der Waals surface area contributed by atoms with Crippen molar-refractivity contribution >= 4 is 33.0 Å². The Labute approximate surface area is 295 Å². The molecule has 0 bridgehead atoms. The molecule has 0 saturated carbocycles. The third kappa shape index (κ3) is 7.13. The molecule has 12 nitrogen and oxygen atoms in total. The molecule has 268 valence electrons. The maximum atomic E-state index is 14.4. The number of hydrogen-bond acceptors (Lipinski definition) is 9. The highest BCUT2D eigenvalue weighted by molar-refractivity contribution is 7.92. The molecule has 51 heavy (non-hydrogen) atoms. The standard InChI is InChI=1S/C37H39FN4O8S/c1-23(28-10-7-9-24-17-18-40(22-29(24)28)35(43)50-37(2,3)4)42-30-16-15-27(20-32(30)49-36(42)44)51(45,46)41(34-12-8-11-33(38)39-34)21-25-13-14-26(47-5)19-31(25)48-6/h7-16,19-20,23H,17-18,21-22H2,1-6H3. The summed E-state index contributed by atoms with van der Waals surface area (Å²) in [4.78, 5) is 31.7. The zero-order valence-corrected chi connectivity index (χ0v) is 30.0. The Bertz CT molecular complexity index is 2280. The van der Waals surface area contributed by atoms with Gasteiger partial charge < -0.3 is 23.5 Å². The van der Waals surface area contributed by atoms with Crippen molar-refractivity contribution in [3.63, 3.8) is 0 Å². The van der Waals surface area contributed by atoms with Crippen LogP contribution < -0.4 is 19.5 Å². The molecular formula is C37H39FN4O8S. The summed E-state index contributed by atoms with van der Waals surface area (Å²) in [6.07, 6.45) is 0.208. The molecule has 1 atom stereocenters. The van der Waals surface area contributed by atoms with Crippen LogP contribution in [-0.4, -0.2) is 55.3 Å². The number of halogens is 1.